The van der Waals surface area contributed by atoms with Gasteiger partial charge < -0.3 is 21.3 Å². The summed E-state index contributed by atoms with van der Waals surface area (Å²) in [5.41, 5.74) is 12.8. The first kappa shape index (κ1) is 26.7. The van der Waals surface area contributed by atoms with Crippen LogP contribution in [0, 0.1) is 0 Å². The fourth-order valence-corrected chi connectivity index (χ4v) is 5.99. The van der Waals surface area contributed by atoms with Crippen molar-refractivity contribution in [2.24, 2.45) is 10.7 Å². The van der Waals surface area contributed by atoms with Crippen molar-refractivity contribution >= 4 is 50.9 Å². The molecule has 0 atom stereocenters. The maximum Gasteiger partial charge on any atom is 0.225 e. The van der Waals surface area contributed by atoms with Gasteiger partial charge in [-0.3, -0.25) is 4.79 Å². The Kier molecular flexibility index (Phi) is 8.07. The topological polar surface area (TPSA) is 82.7 Å². The summed E-state index contributed by atoms with van der Waals surface area (Å²) < 4.78 is 0. The molecule has 206 valence electrons. The molecule has 6 rings (SSSR count). The molecule has 1 aromatic heterocycles. The van der Waals surface area contributed by atoms with Crippen molar-refractivity contribution in [2.75, 3.05) is 23.3 Å². The number of aliphatic imine (C=N–C) groups is 1. The molecule has 0 aliphatic carbocycles. The predicted octanol–water partition coefficient (Wildman–Crippen LogP) is 6.62. The molecule has 0 saturated heterocycles. The van der Waals surface area contributed by atoms with Gasteiger partial charge in [-0.05, 0) is 75.7 Å². The highest BCUT2D eigenvalue weighted by atomic mass is 32.1. The summed E-state index contributed by atoms with van der Waals surface area (Å²) in [5.74, 6) is 0.524. The van der Waals surface area contributed by atoms with Gasteiger partial charge in [0.2, 0.25) is 5.91 Å². The summed E-state index contributed by atoms with van der Waals surface area (Å²) in [6.07, 6.45) is 1.38. The van der Waals surface area contributed by atoms with E-state index in [4.69, 9.17) is 5.73 Å². The maximum atomic E-state index is 12.6. The quantitative estimate of drug-likeness (QED) is 0.102. The van der Waals surface area contributed by atoms with Crippen molar-refractivity contribution in [2.45, 2.75) is 25.9 Å². The van der Waals surface area contributed by atoms with Gasteiger partial charge in [0.15, 0.2) is 0 Å². The molecule has 41 heavy (non-hydrogen) atoms. The van der Waals surface area contributed by atoms with Gasteiger partial charge in [-0.15, -0.1) is 11.3 Å². The predicted molar refractivity (Wildman–Crippen MR) is 171 cm³/mol. The molecule has 1 amide bonds. The third-order valence-electron chi connectivity index (χ3n) is 7.39. The summed E-state index contributed by atoms with van der Waals surface area (Å²) in [7, 11) is 0. The van der Waals surface area contributed by atoms with Gasteiger partial charge in [0.25, 0.3) is 0 Å². The first-order chi connectivity index (χ1) is 20.1. The Hall–Kier alpha value is -4.46. The van der Waals surface area contributed by atoms with E-state index >= 15 is 0 Å². The highest BCUT2D eigenvalue weighted by Gasteiger charge is 2.20. The van der Waals surface area contributed by atoms with Crippen molar-refractivity contribution in [3.05, 3.63) is 124 Å². The van der Waals surface area contributed by atoms with Gasteiger partial charge in [0.1, 0.15) is 5.84 Å². The molecular formula is C34H33N5OS. The average molecular weight is 560 g/mol. The number of anilines is 2. The molecule has 4 aromatic carbocycles. The van der Waals surface area contributed by atoms with E-state index in [1.54, 1.807) is 11.3 Å². The standard InChI is InChI=1S/C34H33N5OS/c35-34(32-12-5-19-41-32)38-28-10-3-6-24(20-28)22-36-17-15-33(40)37-29-13-14-31-26(21-29)16-18-39(31)23-27-9-4-8-25-7-1-2-11-30(25)27/h1-14,19-21,36H,15-18,22-23H2,(H2,35,38)(H,37,40). The van der Waals surface area contributed by atoms with Gasteiger partial charge in [-0.1, -0.05) is 60.7 Å². The molecule has 0 spiro atoms. The molecule has 4 N–H and O–H groups in total. The van der Waals surface area contributed by atoms with E-state index in [0.717, 1.165) is 41.3 Å². The number of nitrogens with one attached hydrogen (secondary N) is 2. The van der Waals surface area contributed by atoms with Gasteiger partial charge in [0, 0.05) is 44.0 Å². The lowest BCUT2D eigenvalue weighted by Crippen LogP contribution is -2.21. The Labute approximate surface area is 244 Å². The number of carbonyl (C=O) groups is 1. The van der Waals surface area contributed by atoms with Crippen LogP contribution in [-0.2, 0) is 24.3 Å². The van der Waals surface area contributed by atoms with Crippen LogP contribution in [0.15, 0.2) is 107 Å². The van der Waals surface area contributed by atoms with Crippen LogP contribution in [0.1, 0.15) is 28.0 Å². The second kappa shape index (κ2) is 12.4. The number of benzene rings is 4. The molecule has 5 aromatic rings. The molecule has 2 heterocycles. The molecule has 6 nitrogen and oxygen atoms in total. The number of thiophene rings is 1. The maximum absolute atomic E-state index is 12.6. The Balaban J connectivity index is 0.991. The molecule has 0 bridgehead atoms. The van der Waals surface area contributed by atoms with Crippen LogP contribution in [0.2, 0.25) is 0 Å². The van der Waals surface area contributed by atoms with Crippen LogP contribution in [0.25, 0.3) is 10.8 Å². The Bertz CT molecular complexity index is 1690. The van der Waals surface area contributed by atoms with Gasteiger partial charge in [-0.25, -0.2) is 4.99 Å². The van der Waals surface area contributed by atoms with E-state index in [1.165, 1.54) is 27.6 Å². The minimum atomic E-state index is 0.00475. The molecule has 0 fully saturated rings. The van der Waals surface area contributed by atoms with Crippen LogP contribution in [-0.4, -0.2) is 24.8 Å². The lowest BCUT2D eigenvalue weighted by Gasteiger charge is -2.21. The largest absolute Gasteiger partial charge is 0.383 e. The number of amides is 1. The molecule has 7 heteroatoms. The first-order valence-electron chi connectivity index (χ1n) is 13.9. The van der Waals surface area contributed by atoms with E-state index < -0.39 is 0 Å². The van der Waals surface area contributed by atoms with Crippen LogP contribution in [0.4, 0.5) is 17.1 Å². The molecule has 1 aliphatic heterocycles. The van der Waals surface area contributed by atoms with Gasteiger partial charge >= 0.3 is 0 Å². The zero-order valence-corrected chi connectivity index (χ0v) is 23.7. The zero-order chi connectivity index (χ0) is 28.0. The molecule has 1 aliphatic rings. The van der Waals surface area contributed by atoms with Crippen LogP contribution in [0.5, 0.6) is 0 Å². The molecule has 0 unspecified atom stereocenters. The lowest BCUT2D eigenvalue weighted by atomic mass is 10.0. The fourth-order valence-electron chi connectivity index (χ4n) is 5.36. The smallest absolute Gasteiger partial charge is 0.225 e. The summed E-state index contributed by atoms with van der Waals surface area (Å²) in [4.78, 5) is 20.6. The van der Waals surface area contributed by atoms with E-state index in [9.17, 15) is 4.79 Å². The second-order valence-electron chi connectivity index (χ2n) is 10.3. The van der Waals surface area contributed by atoms with E-state index in [2.05, 4.69) is 75.1 Å². The number of hydrogen-bond donors (Lipinski definition) is 3. The highest BCUT2D eigenvalue weighted by Crippen LogP contribution is 2.33. The van der Waals surface area contributed by atoms with Crippen molar-refractivity contribution < 1.29 is 4.79 Å². The molecular weight excluding hydrogens is 526 g/mol. The number of rotatable bonds is 10. The van der Waals surface area contributed by atoms with E-state index in [-0.39, 0.29) is 5.91 Å². The summed E-state index contributed by atoms with van der Waals surface area (Å²) in [6.45, 7) is 3.09. The minimum Gasteiger partial charge on any atom is -0.383 e. The highest BCUT2D eigenvalue weighted by molar-refractivity contribution is 7.12. The fraction of sp³-hybridized carbons (Fsp3) is 0.176. The third kappa shape index (κ3) is 6.48. The van der Waals surface area contributed by atoms with Crippen LogP contribution < -0.4 is 21.3 Å². The number of amidine groups is 1. The number of hydrogen-bond acceptors (Lipinski definition) is 5. The van der Waals surface area contributed by atoms with E-state index in [0.29, 0.717) is 25.3 Å². The molecule has 0 radical (unpaired) electrons. The van der Waals surface area contributed by atoms with Crippen molar-refractivity contribution in [3.63, 3.8) is 0 Å². The first-order valence-corrected chi connectivity index (χ1v) is 14.8. The van der Waals surface area contributed by atoms with E-state index in [1.807, 2.05) is 47.8 Å². The summed E-state index contributed by atoms with van der Waals surface area (Å²) >= 11 is 1.57. The van der Waals surface area contributed by atoms with Crippen molar-refractivity contribution in [3.8, 4) is 0 Å². The monoisotopic (exact) mass is 559 g/mol. The van der Waals surface area contributed by atoms with Crippen molar-refractivity contribution in [1.29, 1.82) is 0 Å². The number of nitrogens with zero attached hydrogens (tertiary/aromatic N) is 2. The number of carbonyl (C=O) groups excluding carboxylic acids is 1. The Morgan fingerprint density at radius 2 is 1.83 bits per heavy atom. The van der Waals surface area contributed by atoms with Gasteiger partial charge in [0.05, 0.1) is 10.6 Å². The van der Waals surface area contributed by atoms with Crippen LogP contribution in [0.3, 0.4) is 0 Å². The van der Waals surface area contributed by atoms with Gasteiger partial charge in [-0.2, -0.15) is 0 Å². The third-order valence-corrected chi connectivity index (χ3v) is 8.28. The summed E-state index contributed by atoms with van der Waals surface area (Å²) in [5, 5.41) is 11.0. The number of fused-ring (bicyclic) bond motifs is 2. The zero-order valence-electron chi connectivity index (χ0n) is 22.8. The minimum absolute atomic E-state index is 0.00475. The lowest BCUT2D eigenvalue weighted by molar-refractivity contribution is -0.116. The van der Waals surface area contributed by atoms with Crippen LogP contribution >= 0.6 is 11.3 Å². The average Bonchev–Trinajstić information content (AvgIpc) is 3.67. The normalized spacial score (nSPS) is 13.0. The second-order valence-corrected chi connectivity index (χ2v) is 11.2. The Morgan fingerprint density at radius 1 is 0.951 bits per heavy atom. The summed E-state index contributed by atoms with van der Waals surface area (Å²) in [6, 6.07) is 33.3. The number of nitrogens with two attached hydrogens (primary N) is 1. The SMILES string of the molecule is N/C(=N\c1cccc(CNCCC(=O)Nc2ccc3c(c2)CCN3Cc2cccc3ccccc23)c1)c1cccs1. The molecule has 0 saturated carbocycles. The Morgan fingerprint density at radius 3 is 2.73 bits per heavy atom. The van der Waals surface area contributed by atoms with Crippen molar-refractivity contribution in [1.82, 2.24) is 5.32 Å².